The first-order valence-electron chi connectivity index (χ1n) is 2.89. The predicted octanol–water partition coefficient (Wildman–Crippen LogP) is 1.89. The van der Waals surface area contributed by atoms with Gasteiger partial charge in [0.05, 0.1) is 11.0 Å². The molecule has 0 fully saturated rings. The molecule has 0 radical (unpaired) electrons. The van der Waals surface area contributed by atoms with Crippen LogP contribution in [0.5, 0.6) is 0 Å². The Labute approximate surface area is 56.2 Å². The molecule has 0 saturated carbocycles. The van der Waals surface area contributed by atoms with Crippen LogP contribution in [-0.2, 0) is 0 Å². The summed E-state index contributed by atoms with van der Waals surface area (Å²) in [5.74, 6) is 0.363. The van der Waals surface area contributed by atoms with Gasteiger partial charge >= 0.3 is 0 Å². The summed E-state index contributed by atoms with van der Waals surface area (Å²) >= 11 is 0. The van der Waals surface area contributed by atoms with Crippen LogP contribution in [0.25, 0.3) is 11.0 Å². The normalized spacial score (nSPS) is 10.4. The highest BCUT2D eigenvalue weighted by molar-refractivity contribution is 5.79. The van der Waals surface area contributed by atoms with Crippen molar-refractivity contribution in [1.82, 2.24) is 9.97 Å². The van der Waals surface area contributed by atoms with Crippen molar-refractivity contribution in [3.8, 4) is 0 Å². The van der Waals surface area contributed by atoms with Gasteiger partial charge in [0.2, 0.25) is 0 Å². The van der Waals surface area contributed by atoms with Crippen LogP contribution in [-0.4, -0.2) is 9.97 Å². The summed E-state index contributed by atoms with van der Waals surface area (Å²) in [5, 5.41) is 2.75. The molecule has 0 atom stereocenters. The molecule has 0 spiro atoms. The van der Waals surface area contributed by atoms with E-state index in [1.54, 1.807) is 12.3 Å². The van der Waals surface area contributed by atoms with Gasteiger partial charge in [-0.05, 0) is 11.2 Å². The van der Waals surface area contributed by atoms with E-state index in [0.29, 0.717) is 5.82 Å². The summed E-state index contributed by atoms with van der Waals surface area (Å²) < 4.78 is 0. The molecule has 50 valence electrons. The molecule has 4 nitrogen and oxygen atoms in total. The van der Waals surface area contributed by atoms with E-state index in [9.17, 15) is 4.91 Å². The van der Waals surface area contributed by atoms with Crippen molar-refractivity contribution < 1.29 is 0 Å². The van der Waals surface area contributed by atoms with Crippen molar-refractivity contribution in [2.75, 3.05) is 0 Å². The van der Waals surface area contributed by atoms with Gasteiger partial charge in [-0.2, -0.15) is 0 Å². The Bertz CT molecular complexity index is 331. The highest BCUT2D eigenvalue weighted by Gasteiger charge is 1.98. The van der Waals surface area contributed by atoms with Gasteiger partial charge in [0, 0.05) is 12.3 Å². The van der Waals surface area contributed by atoms with Crippen LogP contribution in [0.4, 0.5) is 5.82 Å². The van der Waals surface area contributed by atoms with Gasteiger partial charge in [0.1, 0.15) is 0 Å². The fourth-order valence-electron chi connectivity index (χ4n) is 0.971. The number of nitroso groups, excluding NO2 is 1. The van der Waals surface area contributed by atoms with Gasteiger partial charge in [-0.1, -0.05) is 0 Å². The quantitative estimate of drug-likeness (QED) is 0.576. The second-order valence-corrected chi connectivity index (χ2v) is 2.05. The van der Waals surface area contributed by atoms with E-state index in [-0.39, 0.29) is 0 Å². The van der Waals surface area contributed by atoms with Gasteiger partial charge < -0.3 is 9.97 Å². The third kappa shape index (κ3) is 0.556. The SMILES string of the molecule is O=Nc1cc2[nH]ccc2[nH]1. The second kappa shape index (κ2) is 1.70. The molecule has 2 rings (SSSR count). The van der Waals surface area contributed by atoms with E-state index < -0.39 is 0 Å². The van der Waals surface area contributed by atoms with E-state index in [0.717, 1.165) is 11.0 Å². The molecule has 2 aromatic rings. The Morgan fingerprint density at radius 3 is 3.00 bits per heavy atom. The van der Waals surface area contributed by atoms with E-state index in [1.165, 1.54) is 0 Å². The zero-order valence-electron chi connectivity index (χ0n) is 5.09. The summed E-state index contributed by atoms with van der Waals surface area (Å²) in [7, 11) is 0. The van der Waals surface area contributed by atoms with Gasteiger partial charge in [0.15, 0.2) is 5.82 Å². The van der Waals surface area contributed by atoms with Crippen LogP contribution in [0.15, 0.2) is 23.5 Å². The average Bonchev–Trinajstić information content (AvgIpc) is 2.42. The second-order valence-electron chi connectivity index (χ2n) is 2.05. The maximum atomic E-state index is 9.98. The molecular weight excluding hydrogens is 130 g/mol. The Balaban J connectivity index is 2.78. The number of H-pyrrole nitrogens is 2. The topological polar surface area (TPSA) is 61.0 Å². The Hall–Kier alpha value is -1.58. The number of hydrogen-bond acceptors (Lipinski definition) is 2. The molecule has 0 aliphatic rings. The maximum absolute atomic E-state index is 9.98. The predicted molar refractivity (Wildman–Crippen MR) is 38.1 cm³/mol. The molecule has 0 amide bonds. The maximum Gasteiger partial charge on any atom is 0.177 e. The van der Waals surface area contributed by atoms with Gasteiger partial charge in [0.25, 0.3) is 0 Å². The molecule has 2 aromatic heterocycles. The fraction of sp³-hybridized carbons (Fsp3) is 0. The van der Waals surface area contributed by atoms with Crippen molar-refractivity contribution in [1.29, 1.82) is 0 Å². The molecule has 2 heterocycles. The molecule has 0 saturated heterocycles. The van der Waals surface area contributed by atoms with Crippen molar-refractivity contribution in [2.24, 2.45) is 5.18 Å². The lowest BCUT2D eigenvalue weighted by Crippen LogP contribution is -1.56. The molecule has 4 heteroatoms. The number of fused-ring (bicyclic) bond motifs is 1. The van der Waals surface area contributed by atoms with Crippen LogP contribution in [0.1, 0.15) is 0 Å². The average molecular weight is 135 g/mol. The largest absolute Gasteiger partial charge is 0.360 e. The van der Waals surface area contributed by atoms with Gasteiger partial charge in [-0.3, -0.25) is 0 Å². The number of rotatable bonds is 1. The Morgan fingerprint density at radius 2 is 2.30 bits per heavy atom. The first-order chi connectivity index (χ1) is 4.90. The first-order valence-corrected chi connectivity index (χ1v) is 2.89. The van der Waals surface area contributed by atoms with Crippen LogP contribution in [0.3, 0.4) is 0 Å². The zero-order valence-corrected chi connectivity index (χ0v) is 5.09. The van der Waals surface area contributed by atoms with Crippen LogP contribution < -0.4 is 0 Å². The standard InChI is InChI=1S/C6H5N3O/c10-9-6-3-5-4(8-6)1-2-7-5/h1-3,7-8H. The Morgan fingerprint density at radius 1 is 1.40 bits per heavy atom. The van der Waals surface area contributed by atoms with Crippen LogP contribution in [0.2, 0.25) is 0 Å². The third-order valence-corrected chi connectivity index (χ3v) is 1.42. The van der Waals surface area contributed by atoms with E-state index in [1.807, 2.05) is 6.07 Å². The minimum absolute atomic E-state index is 0.363. The molecule has 0 aromatic carbocycles. The number of nitrogens with one attached hydrogen (secondary N) is 2. The highest BCUT2D eigenvalue weighted by atomic mass is 16.3. The lowest BCUT2D eigenvalue weighted by molar-refractivity contribution is 1.36. The number of aromatic nitrogens is 2. The summed E-state index contributed by atoms with van der Waals surface area (Å²) in [6.07, 6.45) is 1.80. The summed E-state index contributed by atoms with van der Waals surface area (Å²) in [5.41, 5.74) is 1.82. The summed E-state index contributed by atoms with van der Waals surface area (Å²) in [4.78, 5) is 15.7. The van der Waals surface area contributed by atoms with Crippen LogP contribution >= 0.6 is 0 Å². The Kier molecular flexibility index (Phi) is 0.887. The highest BCUT2D eigenvalue weighted by Crippen LogP contribution is 2.18. The van der Waals surface area contributed by atoms with Crippen molar-refractivity contribution >= 4 is 16.9 Å². The molecule has 0 aliphatic heterocycles. The van der Waals surface area contributed by atoms with E-state index in [4.69, 9.17) is 0 Å². The van der Waals surface area contributed by atoms with Gasteiger partial charge in [-0.15, -0.1) is 4.91 Å². The van der Waals surface area contributed by atoms with E-state index >= 15 is 0 Å². The molecule has 0 unspecified atom stereocenters. The lowest BCUT2D eigenvalue weighted by Gasteiger charge is -1.72. The van der Waals surface area contributed by atoms with Crippen LogP contribution in [0, 0.1) is 4.91 Å². The smallest absolute Gasteiger partial charge is 0.177 e. The first kappa shape index (κ1) is 5.22. The minimum Gasteiger partial charge on any atom is -0.360 e. The molecule has 10 heavy (non-hydrogen) atoms. The summed E-state index contributed by atoms with van der Waals surface area (Å²) in [6.45, 7) is 0. The third-order valence-electron chi connectivity index (χ3n) is 1.42. The summed E-state index contributed by atoms with van der Waals surface area (Å²) in [6, 6.07) is 3.52. The van der Waals surface area contributed by atoms with Crippen molar-refractivity contribution in [3.63, 3.8) is 0 Å². The van der Waals surface area contributed by atoms with Gasteiger partial charge in [-0.25, -0.2) is 0 Å². The molecular formula is C6H5N3O. The molecule has 0 bridgehead atoms. The fourth-order valence-corrected chi connectivity index (χ4v) is 0.971. The van der Waals surface area contributed by atoms with Crippen molar-refractivity contribution in [3.05, 3.63) is 23.2 Å². The molecule has 0 aliphatic carbocycles. The number of hydrogen-bond donors (Lipinski definition) is 2. The number of aromatic amines is 2. The lowest BCUT2D eigenvalue weighted by atomic mass is 10.5. The van der Waals surface area contributed by atoms with Crippen molar-refractivity contribution in [2.45, 2.75) is 0 Å². The molecule has 2 N–H and O–H groups in total. The number of nitrogens with zero attached hydrogens (tertiary/aromatic N) is 1. The van der Waals surface area contributed by atoms with E-state index in [2.05, 4.69) is 15.1 Å². The monoisotopic (exact) mass is 135 g/mol. The zero-order chi connectivity index (χ0) is 6.97. The minimum atomic E-state index is 0.363.